The van der Waals surface area contributed by atoms with Crippen LogP contribution in [0.1, 0.15) is 28.4 Å². The number of carbonyl (C=O) groups excluding carboxylic acids is 1. The lowest BCUT2D eigenvalue weighted by Gasteiger charge is -2.34. The molecule has 126 valence electrons. The largest absolute Gasteiger partial charge is 0.363 e. The highest BCUT2D eigenvalue weighted by Gasteiger charge is 2.49. The van der Waals surface area contributed by atoms with Crippen LogP contribution in [0.5, 0.6) is 0 Å². The van der Waals surface area contributed by atoms with Crippen LogP contribution in [0.25, 0.3) is 0 Å². The van der Waals surface area contributed by atoms with Gasteiger partial charge < -0.3 is 10.0 Å². The molecule has 1 unspecified atom stereocenters. The van der Waals surface area contributed by atoms with Crippen LogP contribution >= 0.6 is 11.6 Å². The average molecular weight is 367 g/mol. The summed E-state index contributed by atoms with van der Waals surface area (Å²) in [5, 5.41) is 16.5. The molecule has 6 nitrogen and oxygen atoms in total. The molecule has 1 atom stereocenters. The summed E-state index contributed by atoms with van der Waals surface area (Å²) in [5.41, 5.74) is -0.823. The van der Waals surface area contributed by atoms with Crippen molar-refractivity contribution in [3.8, 4) is 0 Å². The van der Waals surface area contributed by atoms with E-state index in [0.717, 1.165) is 0 Å². The minimum absolute atomic E-state index is 0.0505. The van der Waals surface area contributed by atoms with Gasteiger partial charge in [-0.05, 0) is 25.1 Å². The molecule has 0 spiro atoms. The van der Waals surface area contributed by atoms with E-state index in [9.17, 15) is 18.3 Å². The van der Waals surface area contributed by atoms with Crippen molar-refractivity contribution in [3.05, 3.63) is 64.2 Å². The number of nitrogens with two attached hydrogens (primary N) is 1. The second kappa shape index (κ2) is 5.56. The van der Waals surface area contributed by atoms with Gasteiger partial charge >= 0.3 is 0 Å². The van der Waals surface area contributed by atoms with Gasteiger partial charge in [0, 0.05) is 23.2 Å². The van der Waals surface area contributed by atoms with E-state index in [0.29, 0.717) is 11.1 Å². The Labute approximate surface area is 144 Å². The fourth-order valence-electron chi connectivity index (χ4n) is 3.03. The number of primary sulfonamides is 1. The summed E-state index contributed by atoms with van der Waals surface area (Å²) in [6.07, 6.45) is 0. The van der Waals surface area contributed by atoms with Gasteiger partial charge in [0.1, 0.15) is 4.90 Å². The maximum atomic E-state index is 12.6. The molecule has 0 fully saturated rings. The number of sulfonamides is 1. The standard InChI is InChI=1S/C16H15ClN2O4S/c1-2-19-15(20)11-5-3-4-6-12(11)16(19,21)10-7-8-13(17)14(9-10)24(18,22)23/h3-9,21H,2H2,1H3,(H2,18,22,23). The lowest BCUT2D eigenvalue weighted by Crippen LogP contribution is -2.44. The van der Waals surface area contributed by atoms with E-state index in [1.165, 1.54) is 23.1 Å². The van der Waals surface area contributed by atoms with Crippen molar-refractivity contribution in [2.75, 3.05) is 6.54 Å². The zero-order valence-corrected chi connectivity index (χ0v) is 14.3. The molecule has 0 aliphatic carbocycles. The van der Waals surface area contributed by atoms with Gasteiger partial charge in [0.05, 0.1) is 5.02 Å². The number of hydrogen-bond acceptors (Lipinski definition) is 4. The number of benzene rings is 2. The zero-order valence-electron chi connectivity index (χ0n) is 12.7. The van der Waals surface area contributed by atoms with Crippen molar-refractivity contribution in [2.45, 2.75) is 17.5 Å². The van der Waals surface area contributed by atoms with E-state index in [4.69, 9.17) is 16.7 Å². The molecule has 3 N–H and O–H groups in total. The van der Waals surface area contributed by atoms with Crippen LogP contribution < -0.4 is 5.14 Å². The summed E-state index contributed by atoms with van der Waals surface area (Å²) in [6, 6.07) is 10.7. The van der Waals surface area contributed by atoms with Crippen molar-refractivity contribution in [1.29, 1.82) is 0 Å². The third-order valence-electron chi connectivity index (χ3n) is 4.13. The van der Waals surface area contributed by atoms with Crippen LogP contribution in [0.2, 0.25) is 5.02 Å². The molecule has 0 aromatic heterocycles. The molecule has 2 aromatic carbocycles. The molecule has 24 heavy (non-hydrogen) atoms. The van der Waals surface area contributed by atoms with Crippen LogP contribution in [-0.2, 0) is 15.7 Å². The van der Waals surface area contributed by atoms with E-state index in [-0.39, 0.29) is 27.9 Å². The van der Waals surface area contributed by atoms with Gasteiger partial charge in [-0.3, -0.25) is 4.79 Å². The van der Waals surface area contributed by atoms with E-state index in [2.05, 4.69) is 0 Å². The van der Waals surface area contributed by atoms with Crippen LogP contribution in [0.15, 0.2) is 47.4 Å². The van der Waals surface area contributed by atoms with Gasteiger partial charge in [0.15, 0.2) is 5.72 Å². The number of hydrogen-bond donors (Lipinski definition) is 2. The van der Waals surface area contributed by atoms with Crippen LogP contribution in [0.4, 0.5) is 0 Å². The van der Waals surface area contributed by atoms with Gasteiger partial charge in [-0.25, -0.2) is 13.6 Å². The van der Waals surface area contributed by atoms with E-state index in [1.807, 2.05) is 0 Å². The number of aliphatic hydroxyl groups is 1. The van der Waals surface area contributed by atoms with E-state index >= 15 is 0 Å². The normalized spacial score (nSPS) is 20.3. The highest BCUT2D eigenvalue weighted by molar-refractivity contribution is 7.89. The highest BCUT2D eigenvalue weighted by Crippen LogP contribution is 2.42. The van der Waals surface area contributed by atoms with Gasteiger partial charge in [-0.1, -0.05) is 35.9 Å². The molecular formula is C16H15ClN2O4S. The Bertz CT molecular complexity index is 945. The molecular weight excluding hydrogens is 352 g/mol. The second-order valence-corrected chi connectivity index (χ2v) is 7.39. The maximum absolute atomic E-state index is 12.6. The molecule has 1 aliphatic heterocycles. The summed E-state index contributed by atoms with van der Waals surface area (Å²) >= 11 is 5.91. The highest BCUT2D eigenvalue weighted by atomic mass is 35.5. The Balaban J connectivity index is 2.30. The molecule has 1 heterocycles. The minimum Gasteiger partial charge on any atom is -0.363 e. The molecule has 0 saturated heterocycles. The second-order valence-electron chi connectivity index (χ2n) is 5.46. The van der Waals surface area contributed by atoms with Crippen LogP contribution in [-0.4, -0.2) is 30.9 Å². The number of halogens is 1. The fraction of sp³-hybridized carbons (Fsp3) is 0.188. The molecule has 0 saturated carbocycles. The first kappa shape index (κ1) is 16.9. The van der Waals surface area contributed by atoms with E-state index < -0.39 is 15.7 Å². The lowest BCUT2D eigenvalue weighted by molar-refractivity contribution is -0.0475. The predicted molar refractivity (Wildman–Crippen MR) is 89.0 cm³/mol. The number of nitrogens with zero attached hydrogens (tertiary/aromatic N) is 1. The summed E-state index contributed by atoms with van der Waals surface area (Å²) in [6.45, 7) is 1.96. The van der Waals surface area contributed by atoms with Crippen molar-refractivity contribution >= 4 is 27.5 Å². The Morgan fingerprint density at radius 2 is 1.92 bits per heavy atom. The number of rotatable bonds is 3. The number of amides is 1. The van der Waals surface area contributed by atoms with Crippen molar-refractivity contribution < 1.29 is 18.3 Å². The molecule has 2 aromatic rings. The smallest absolute Gasteiger partial charge is 0.257 e. The third kappa shape index (κ3) is 2.32. The third-order valence-corrected chi connectivity index (χ3v) is 5.52. The first-order valence-electron chi connectivity index (χ1n) is 7.18. The number of carbonyl (C=O) groups is 1. The molecule has 0 radical (unpaired) electrons. The molecule has 1 aliphatic rings. The van der Waals surface area contributed by atoms with Crippen LogP contribution in [0.3, 0.4) is 0 Å². The summed E-state index contributed by atoms with van der Waals surface area (Å²) in [7, 11) is -4.07. The Morgan fingerprint density at radius 3 is 2.54 bits per heavy atom. The quantitative estimate of drug-likeness (QED) is 0.862. The zero-order chi connectivity index (χ0) is 17.7. The Morgan fingerprint density at radius 1 is 1.25 bits per heavy atom. The first-order valence-corrected chi connectivity index (χ1v) is 9.10. The maximum Gasteiger partial charge on any atom is 0.257 e. The summed E-state index contributed by atoms with van der Waals surface area (Å²) in [5.74, 6) is -0.331. The van der Waals surface area contributed by atoms with Gasteiger partial charge in [-0.15, -0.1) is 0 Å². The first-order chi connectivity index (χ1) is 11.2. The Hall–Kier alpha value is -1.93. The SMILES string of the molecule is CCN1C(=O)c2ccccc2C1(O)c1ccc(Cl)c(S(N)(=O)=O)c1. The van der Waals surface area contributed by atoms with Gasteiger partial charge in [0.25, 0.3) is 5.91 Å². The minimum atomic E-state index is -4.07. The molecule has 8 heteroatoms. The lowest BCUT2D eigenvalue weighted by atomic mass is 9.94. The summed E-state index contributed by atoms with van der Waals surface area (Å²) < 4.78 is 23.4. The Kier molecular flexibility index (Phi) is 3.92. The van der Waals surface area contributed by atoms with Gasteiger partial charge in [0.2, 0.25) is 10.0 Å². The van der Waals surface area contributed by atoms with Crippen molar-refractivity contribution in [2.24, 2.45) is 5.14 Å². The summed E-state index contributed by atoms with van der Waals surface area (Å²) in [4.78, 5) is 13.5. The van der Waals surface area contributed by atoms with Crippen molar-refractivity contribution in [1.82, 2.24) is 4.90 Å². The van der Waals surface area contributed by atoms with Gasteiger partial charge in [-0.2, -0.15) is 0 Å². The molecule has 1 amide bonds. The fourth-order valence-corrected chi connectivity index (χ4v) is 4.10. The molecule has 3 rings (SSSR count). The van der Waals surface area contributed by atoms with E-state index in [1.54, 1.807) is 31.2 Å². The molecule has 0 bridgehead atoms. The number of fused-ring (bicyclic) bond motifs is 1. The average Bonchev–Trinajstić information content (AvgIpc) is 2.76. The topological polar surface area (TPSA) is 101 Å². The van der Waals surface area contributed by atoms with Crippen molar-refractivity contribution in [3.63, 3.8) is 0 Å². The monoisotopic (exact) mass is 366 g/mol. The van der Waals surface area contributed by atoms with Crippen LogP contribution in [0, 0.1) is 0 Å². The predicted octanol–water partition coefficient (Wildman–Crippen LogP) is 1.66.